The van der Waals surface area contributed by atoms with Crippen LogP contribution in [0.5, 0.6) is 0 Å². The molecule has 0 atom stereocenters. The normalized spacial score (nSPS) is 16.1. The number of rotatable bonds is 7. The molecule has 1 aliphatic heterocycles. The van der Waals surface area contributed by atoms with Crippen molar-refractivity contribution in [3.63, 3.8) is 0 Å². The van der Waals surface area contributed by atoms with Crippen molar-refractivity contribution in [3.8, 4) is 0 Å². The van der Waals surface area contributed by atoms with E-state index in [1.165, 1.54) is 30.0 Å². The molecule has 0 bridgehead atoms. The predicted molar refractivity (Wildman–Crippen MR) is 115 cm³/mol. The summed E-state index contributed by atoms with van der Waals surface area (Å²) in [4.78, 5) is 5.12. The first-order valence-electron chi connectivity index (χ1n) is 10.6. The van der Waals surface area contributed by atoms with Gasteiger partial charge in [0, 0.05) is 37.6 Å². The number of hydrogen-bond donors (Lipinski definition) is 0. The van der Waals surface area contributed by atoms with E-state index in [1.807, 2.05) is 0 Å². The van der Waals surface area contributed by atoms with Crippen molar-refractivity contribution >= 4 is 5.69 Å². The second-order valence-corrected chi connectivity index (χ2v) is 8.73. The molecule has 148 valence electrons. The van der Waals surface area contributed by atoms with Crippen molar-refractivity contribution in [2.75, 3.05) is 37.6 Å². The van der Waals surface area contributed by atoms with E-state index in [0.717, 1.165) is 45.4 Å². The number of benzene rings is 1. The van der Waals surface area contributed by atoms with Crippen molar-refractivity contribution in [3.05, 3.63) is 47.8 Å². The SMILES string of the molecule is CCCc1cc(CCCN2CCN(c3ccccc3)CC2)n(C(C)(C)C)n1. The van der Waals surface area contributed by atoms with E-state index in [-0.39, 0.29) is 5.54 Å². The summed E-state index contributed by atoms with van der Waals surface area (Å²) in [7, 11) is 0. The van der Waals surface area contributed by atoms with Gasteiger partial charge in [0.25, 0.3) is 0 Å². The molecule has 0 aliphatic carbocycles. The second kappa shape index (κ2) is 8.92. The maximum atomic E-state index is 4.88. The maximum absolute atomic E-state index is 4.88. The van der Waals surface area contributed by atoms with E-state index in [4.69, 9.17) is 5.10 Å². The molecule has 27 heavy (non-hydrogen) atoms. The fourth-order valence-corrected chi connectivity index (χ4v) is 3.96. The van der Waals surface area contributed by atoms with E-state index < -0.39 is 0 Å². The van der Waals surface area contributed by atoms with Gasteiger partial charge in [-0.25, -0.2) is 0 Å². The number of hydrogen-bond acceptors (Lipinski definition) is 3. The van der Waals surface area contributed by atoms with Gasteiger partial charge in [0.15, 0.2) is 0 Å². The quantitative estimate of drug-likeness (QED) is 0.726. The molecule has 4 heteroatoms. The summed E-state index contributed by atoms with van der Waals surface area (Å²) in [5, 5.41) is 4.88. The van der Waals surface area contributed by atoms with Crippen LogP contribution in [0.3, 0.4) is 0 Å². The molecule has 0 N–H and O–H groups in total. The van der Waals surface area contributed by atoms with Crippen LogP contribution in [-0.2, 0) is 18.4 Å². The molecule has 2 aromatic rings. The monoisotopic (exact) mass is 368 g/mol. The lowest BCUT2D eigenvalue weighted by Gasteiger charge is -2.36. The van der Waals surface area contributed by atoms with E-state index in [1.54, 1.807) is 0 Å². The number of aryl methyl sites for hydroxylation is 2. The zero-order chi connectivity index (χ0) is 19.3. The average molecular weight is 369 g/mol. The standard InChI is InChI=1S/C23H36N4/c1-5-10-20-19-22(27(24-20)23(2,3)4)13-9-14-25-15-17-26(18-16-25)21-11-7-6-8-12-21/h6-8,11-12,19H,5,9-10,13-18H2,1-4H3. The number of para-hydroxylation sites is 1. The molecule has 0 saturated carbocycles. The smallest absolute Gasteiger partial charge is 0.0627 e. The van der Waals surface area contributed by atoms with E-state index in [2.05, 4.69) is 78.6 Å². The first-order chi connectivity index (χ1) is 13.0. The number of aromatic nitrogens is 2. The Labute approximate surface area is 165 Å². The molecule has 1 saturated heterocycles. The Kier molecular flexibility index (Phi) is 6.59. The van der Waals surface area contributed by atoms with Crippen molar-refractivity contribution < 1.29 is 0 Å². The highest BCUT2D eigenvalue weighted by Crippen LogP contribution is 2.20. The topological polar surface area (TPSA) is 24.3 Å². The van der Waals surface area contributed by atoms with Crippen LogP contribution in [0.4, 0.5) is 5.69 Å². The molecular weight excluding hydrogens is 332 g/mol. The van der Waals surface area contributed by atoms with Crippen LogP contribution in [0.15, 0.2) is 36.4 Å². The lowest BCUT2D eigenvalue weighted by molar-refractivity contribution is 0.253. The molecule has 0 spiro atoms. The Morgan fingerprint density at radius 3 is 2.30 bits per heavy atom. The van der Waals surface area contributed by atoms with Gasteiger partial charge in [0.05, 0.1) is 11.2 Å². The zero-order valence-corrected chi connectivity index (χ0v) is 17.6. The number of anilines is 1. The Morgan fingerprint density at radius 1 is 0.963 bits per heavy atom. The summed E-state index contributed by atoms with van der Waals surface area (Å²) in [6.45, 7) is 14.7. The molecule has 1 fully saturated rings. The minimum atomic E-state index is 0.0582. The second-order valence-electron chi connectivity index (χ2n) is 8.73. The maximum Gasteiger partial charge on any atom is 0.0627 e. The van der Waals surface area contributed by atoms with Crippen molar-refractivity contribution in [2.45, 2.75) is 58.9 Å². The third-order valence-corrected chi connectivity index (χ3v) is 5.38. The van der Waals surface area contributed by atoms with Gasteiger partial charge in [-0.05, 0) is 64.8 Å². The third-order valence-electron chi connectivity index (χ3n) is 5.38. The molecule has 1 aromatic heterocycles. The largest absolute Gasteiger partial charge is 0.369 e. The van der Waals surface area contributed by atoms with Gasteiger partial charge in [-0.3, -0.25) is 9.58 Å². The van der Waals surface area contributed by atoms with Gasteiger partial charge in [-0.15, -0.1) is 0 Å². The van der Waals surface area contributed by atoms with Gasteiger partial charge >= 0.3 is 0 Å². The van der Waals surface area contributed by atoms with Crippen LogP contribution in [0, 0.1) is 0 Å². The van der Waals surface area contributed by atoms with Crippen molar-refractivity contribution in [1.82, 2.24) is 14.7 Å². The summed E-state index contributed by atoms with van der Waals surface area (Å²) in [6.07, 6.45) is 4.56. The van der Waals surface area contributed by atoms with Crippen LogP contribution in [0.2, 0.25) is 0 Å². The molecule has 1 aliphatic rings. The molecule has 0 radical (unpaired) electrons. The van der Waals surface area contributed by atoms with Crippen LogP contribution in [-0.4, -0.2) is 47.4 Å². The summed E-state index contributed by atoms with van der Waals surface area (Å²) in [6, 6.07) is 13.1. The van der Waals surface area contributed by atoms with E-state index in [0.29, 0.717) is 0 Å². The zero-order valence-electron chi connectivity index (χ0n) is 17.6. The van der Waals surface area contributed by atoms with Crippen LogP contribution in [0.25, 0.3) is 0 Å². The van der Waals surface area contributed by atoms with Gasteiger partial charge < -0.3 is 4.90 Å². The predicted octanol–water partition coefficient (Wildman–Crippen LogP) is 4.35. The highest BCUT2D eigenvalue weighted by Gasteiger charge is 2.20. The molecule has 2 heterocycles. The van der Waals surface area contributed by atoms with Crippen molar-refractivity contribution in [2.24, 2.45) is 0 Å². The van der Waals surface area contributed by atoms with Crippen LogP contribution < -0.4 is 4.90 Å². The lowest BCUT2D eigenvalue weighted by atomic mass is 10.1. The van der Waals surface area contributed by atoms with Crippen LogP contribution in [0.1, 0.15) is 51.9 Å². The Bertz CT molecular complexity index is 691. The van der Waals surface area contributed by atoms with E-state index in [9.17, 15) is 0 Å². The Hall–Kier alpha value is -1.81. The van der Waals surface area contributed by atoms with Crippen LogP contribution >= 0.6 is 0 Å². The summed E-state index contributed by atoms with van der Waals surface area (Å²) < 4.78 is 2.26. The fraction of sp³-hybridized carbons (Fsp3) is 0.609. The molecular formula is C23H36N4. The van der Waals surface area contributed by atoms with Gasteiger partial charge in [-0.2, -0.15) is 5.10 Å². The molecule has 3 rings (SSSR count). The molecule has 0 unspecified atom stereocenters. The minimum Gasteiger partial charge on any atom is -0.369 e. The summed E-state index contributed by atoms with van der Waals surface area (Å²) in [5.74, 6) is 0. The lowest BCUT2D eigenvalue weighted by Crippen LogP contribution is -2.46. The van der Waals surface area contributed by atoms with Gasteiger partial charge in [0.1, 0.15) is 0 Å². The third kappa shape index (κ3) is 5.35. The Morgan fingerprint density at radius 2 is 1.67 bits per heavy atom. The van der Waals surface area contributed by atoms with E-state index >= 15 is 0 Å². The molecule has 1 aromatic carbocycles. The fourth-order valence-electron chi connectivity index (χ4n) is 3.96. The number of piperazine rings is 1. The van der Waals surface area contributed by atoms with Gasteiger partial charge in [0.2, 0.25) is 0 Å². The van der Waals surface area contributed by atoms with Crippen molar-refractivity contribution in [1.29, 1.82) is 0 Å². The highest BCUT2D eigenvalue weighted by molar-refractivity contribution is 5.46. The molecule has 0 amide bonds. The Balaban J connectivity index is 1.49. The van der Waals surface area contributed by atoms with Gasteiger partial charge in [-0.1, -0.05) is 31.5 Å². The first kappa shape index (κ1) is 19.9. The average Bonchev–Trinajstić information content (AvgIpc) is 3.07. The molecule has 4 nitrogen and oxygen atoms in total. The summed E-state index contributed by atoms with van der Waals surface area (Å²) in [5.41, 5.74) is 4.06. The summed E-state index contributed by atoms with van der Waals surface area (Å²) >= 11 is 0. The first-order valence-corrected chi connectivity index (χ1v) is 10.6. The minimum absolute atomic E-state index is 0.0582. The number of nitrogens with zero attached hydrogens (tertiary/aromatic N) is 4. The highest BCUT2D eigenvalue weighted by atomic mass is 15.3.